The molecule has 0 spiro atoms. The predicted molar refractivity (Wildman–Crippen MR) is 124 cm³/mol. The summed E-state index contributed by atoms with van der Waals surface area (Å²) in [6, 6.07) is 18.4. The lowest BCUT2D eigenvalue weighted by Crippen LogP contribution is -2.48. The van der Waals surface area contributed by atoms with E-state index in [0.717, 1.165) is 56.8 Å². The number of benzene rings is 2. The molecule has 3 rings (SSSR count). The lowest BCUT2D eigenvalue weighted by atomic mass is 9.86. The summed E-state index contributed by atoms with van der Waals surface area (Å²) in [6.07, 6.45) is 3.65. The first-order chi connectivity index (χ1) is 15.0. The molecule has 0 unspecified atom stereocenters. The van der Waals surface area contributed by atoms with Crippen LogP contribution >= 0.6 is 0 Å². The third-order valence-electron chi connectivity index (χ3n) is 6.06. The van der Waals surface area contributed by atoms with Gasteiger partial charge in [-0.3, -0.25) is 9.69 Å². The number of rotatable bonds is 10. The van der Waals surface area contributed by atoms with Gasteiger partial charge in [0, 0.05) is 31.1 Å². The first-order valence-electron chi connectivity index (χ1n) is 11.3. The summed E-state index contributed by atoms with van der Waals surface area (Å²) in [4.78, 5) is 15.3. The quantitative estimate of drug-likeness (QED) is 0.564. The highest BCUT2D eigenvalue weighted by atomic mass is 16.5. The monoisotopic (exact) mass is 424 g/mol. The zero-order chi connectivity index (χ0) is 22.1. The fourth-order valence-electron chi connectivity index (χ4n) is 3.95. The number of hydrogen-bond donors (Lipinski definition) is 1. The van der Waals surface area contributed by atoms with Gasteiger partial charge in [0.25, 0.3) is 0 Å². The second kappa shape index (κ2) is 11.2. The zero-order valence-corrected chi connectivity index (χ0v) is 19.1. The van der Waals surface area contributed by atoms with Gasteiger partial charge < -0.3 is 14.8 Å². The van der Waals surface area contributed by atoms with Crippen molar-refractivity contribution in [2.24, 2.45) is 5.41 Å². The van der Waals surface area contributed by atoms with Crippen LogP contribution in [0.5, 0.6) is 11.5 Å². The van der Waals surface area contributed by atoms with E-state index >= 15 is 0 Å². The highest BCUT2D eigenvalue weighted by Crippen LogP contribution is 2.25. The summed E-state index contributed by atoms with van der Waals surface area (Å²) in [6.45, 7) is 7.69. The first kappa shape index (κ1) is 23.1. The van der Waals surface area contributed by atoms with Crippen LogP contribution in [0, 0.1) is 5.41 Å². The average Bonchev–Trinajstić information content (AvgIpc) is 2.79. The molecule has 168 valence electrons. The minimum Gasteiger partial charge on any atom is -0.497 e. The molecule has 1 aliphatic rings. The van der Waals surface area contributed by atoms with Gasteiger partial charge in [0.1, 0.15) is 11.5 Å². The number of hydrogen-bond acceptors (Lipinski definition) is 4. The van der Waals surface area contributed by atoms with E-state index in [1.54, 1.807) is 7.11 Å². The minimum absolute atomic E-state index is 0.151. The van der Waals surface area contributed by atoms with E-state index in [9.17, 15) is 4.79 Å². The number of carbonyl (C=O) groups is 1. The fourth-order valence-corrected chi connectivity index (χ4v) is 3.95. The van der Waals surface area contributed by atoms with Crippen LogP contribution < -0.4 is 14.8 Å². The van der Waals surface area contributed by atoms with E-state index < -0.39 is 5.41 Å². The second-order valence-corrected chi connectivity index (χ2v) is 9.02. The summed E-state index contributed by atoms with van der Waals surface area (Å²) in [5, 5.41) is 3.29. The topological polar surface area (TPSA) is 50.8 Å². The lowest BCUT2D eigenvalue weighted by Gasteiger charge is -2.34. The van der Waals surface area contributed by atoms with Gasteiger partial charge >= 0.3 is 0 Å². The smallest absolute Gasteiger partial charge is 0.225 e. The van der Waals surface area contributed by atoms with Crippen molar-refractivity contribution < 1.29 is 14.3 Å². The van der Waals surface area contributed by atoms with Gasteiger partial charge in [-0.2, -0.15) is 0 Å². The Hall–Kier alpha value is -2.53. The van der Waals surface area contributed by atoms with Crippen molar-refractivity contribution in [3.8, 4) is 11.5 Å². The Balaban J connectivity index is 1.35. The summed E-state index contributed by atoms with van der Waals surface area (Å²) in [7, 11) is 1.65. The Morgan fingerprint density at radius 3 is 2.32 bits per heavy atom. The molecule has 1 fully saturated rings. The van der Waals surface area contributed by atoms with E-state index in [1.807, 2.05) is 38.1 Å². The molecule has 0 aromatic heterocycles. The second-order valence-electron chi connectivity index (χ2n) is 9.02. The van der Waals surface area contributed by atoms with Gasteiger partial charge in [-0.15, -0.1) is 0 Å². The largest absolute Gasteiger partial charge is 0.497 e. The Morgan fingerprint density at radius 1 is 1.03 bits per heavy atom. The molecule has 5 heteroatoms. The van der Waals surface area contributed by atoms with Crippen LogP contribution in [0.3, 0.4) is 0 Å². The molecule has 5 nitrogen and oxygen atoms in total. The van der Waals surface area contributed by atoms with E-state index in [2.05, 4.69) is 40.5 Å². The lowest BCUT2D eigenvalue weighted by molar-refractivity contribution is -0.130. The highest BCUT2D eigenvalue weighted by molar-refractivity contribution is 5.82. The van der Waals surface area contributed by atoms with Crippen LogP contribution in [0.1, 0.15) is 45.1 Å². The van der Waals surface area contributed by atoms with E-state index in [-0.39, 0.29) is 11.9 Å². The number of likely N-dealkylation sites (tertiary alicyclic amines) is 1. The van der Waals surface area contributed by atoms with Crippen LogP contribution in [-0.2, 0) is 11.3 Å². The molecule has 1 heterocycles. The van der Waals surface area contributed by atoms with Crippen LogP contribution in [0.15, 0.2) is 54.6 Å². The summed E-state index contributed by atoms with van der Waals surface area (Å²) in [5.74, 6) is 1.79. The molecule has 1 saturated heterocycles. The van der Waals surface area contributed by atoms with Crippen LogP contribution in [-0.4, -0.2) is 43.7 Å². The molecule has 0 saturated carbocycles. The van der Waals surface area contributed by atoms with Crippen LogP contribution in [0.4, 0.5) is 0 Å². The standard InChI is InChI=1S/C26H36N2O3/c1-26(2,16-7-19-31-24-12-10-23(30-3)11-13-24)25(29)27-22-14-17-28(18-15-22)20-21-8-5-4-6-9-21/h4-6,8-13,22H,7,14-20H2,1-3H3,(H,27,29). The molecular weight excluding hydrogens is 388 g/mol. The normalized spacial score (nSPS) is 15.5. The van der Waals surface area contributed by atoms with Crippen molar-refractivity contribution in [3.63, 3.8) is 0 Å². The van der Waals surface area contributed by atoms with Crippen molar-refractivity contribution in [2.75, 3.05) is 26.8 Å². The van der Waals surface area contributed by atoms with Gasteiger partial charge in [0.15, 0.2) is 0 Å². The summed E-state index contributed by atoms with van der Waals surface area (Å²) >= 11 is 0. The van der Waals surface area contributed by atoms with Crippen molar-refractivity contribution >= 4 is 5.91 Å². The zero-order valence-electron chi connectivity index (χ0n) is 19.1. The Labute approximate surface area is 186 Å². The van der Waals surface area contributed by atoms with Crippen LogP contribution in [0.25, 0.3) is 0 Å². The number of amides is 1. The molecular formula is C26H36N2O3. The van der Waals surface area contributed by atoms with Gasteiger partial charge in [-0.1, -0.05) is 44.2 Å². The van der Waals surface area contributed by atoms with Gasteiger partial charge in [-0.05, 0) is 55.5 Å². The van der Waals surface area contributed by atoms with Crippen molar-refractivity contribution in [1.29, 1.82) is 0 Å². The molecule has 0 radical (unpaired) electrons. The van der Waals surface area contributed by atoms with Crippen molar-refractivity contribution in [3.05, 3.63) is 60.2 Å². The average molecular weight is 425 g/mol. The van der Waals surface area contributed by atoms with Gasteiger partial charge in [0.05, 0.1) is 13.7 Å². The SMILES string of the molecule is COc1ccc(OCCCC(C)(C)C(=O)NC2CCN(Cc3ccccc3)CC2)cc1. The van der Waals surface area contributed by atoms with Gasteiger partial charge in [0.2, 0.25) is 5.91 Å². The molecule has 1 aliphatic heterocycles. The molecule has 2 aromatic rings. The molecule has 0 aliphatic carbocycles. The number of methoxy groups -OCH3 is 1. The third-order valence-corrected chi connectivity index (χ3v) is 6.06. The first-order valence-corrected chi connectivity index (χ1v) is 11.3. The molecule has 31 heavy (non-hydrogen) atoms. The van der Waals surface area contributed by atoms with Crippen molar-refractivity contribution in [1.82, 2.24) is 10.2 Å². The molecule has 0 atom stereocenters. The predicted octanol–water partition coefficient (Wildman–Crippen LogP) is 4.66. The molecule has 1 N–H and O–H groups in total. The number of nitrogens with one attached hydrogen (secondary N) is 1. The summed E-state index contributed by atoms with van der Waals surface area (Å²) in [5.41, 5.74) is 0.952. The van der Waals surface area contributed by atoms with E-state index in [0.29, 0.717) is 6.61 Å². The molecule has 2 aromatic carbocycles. The molecule has 0 bridgehead atoms. The third kappa shape index (κ3) is 7.28. The maximum atomic E-state index is 12.9. The maximum absolute atomic E-state index is 12.9. The number of ether oxygens (including phenoxy) is 2. The van der Waals surface area contributed by atoms with Crippen molar-refractivity contribution in [2.45, 2.75) is 52.1 Å². The van der Waals surface area contributed by atoms with Gasteiger partial charge in [-0.25, -0.2) is 0 Å². The Kier molecular flexibility index (Phi) is 8.35. The van der Waals surface area contributed by atoms with Crippen LogP contribution in [0.2, 0.25) is 0 Å². The van der Waals surface area contributed by atoms with E-state index in [1.165, 1.54) is 5.56 Å². The maximum Gasteiger partial charge on any atom is 0.225 e. The Morgan fingerprint density at radius 2 is 1.68 bits per heavy atom. The highest BCUT2D eigenvalue weighted by Gasteiger charge is 2.30. The summed E-state index contributed by atoms with van der Waals surface area (Å²) < 4.78 is 11.0. The minimum atomic E-state index is -0.398. The Bertz CT molecular complexity index is 797. The van der Waals surface area contributed by atoms with E-state index in [4.69, 9.17) is 9.47 Å². The number of carbonyl (C=O) groups excluding carboxylic acids is 1. The number of nitrogens with zero attached hydrogens (tertiary/aromatic N) is 1. The fraction of sp³-hybridized carbons (Fsp3) is 0.500. The molecule has 1 amide bonds. The number of piperidine rings is 1.